The summed E-state index contributed by atoms with van der Waals surface area (Å²) in [5.74, 6) is 0.134. The molecule has 19 heavy (non-hydrogen) atoms. The third-order valence-corrected chi connectivity index (χ3v) is 3.81. The lowest BCUT2D eigenvalue weighted by Crippen LogP contribution is -2.28. The molecule has 1 aromatic rings. The lowest BCUT2D eigenvalue weighted by Gasteiger charge is -2.30. The highest BCUT2D eigenvalue weighted by Crippen LogP contribution is 2.29. The maximum atomic E-state index is 11.6. The molecule has 0 spiro atoms. The second kappa shape index (κ2) is 5.95. The number of nitrogens with one attached hydrogen (secondary N) is 1. The van der Waals surface area contributed by atoms with Crippen LogP contribution in [0.25, 0.3) is 0 Å². The second-order valence-corrected chi connectivity index (χ2v) is 5.76. The summed E-state index contributed by atoms with van der Waals surface area (Å²) in [5, 5.41) is 3.32. The van der Waals surface area contributed by atoms with Gasteiger partial charge in [-0.2, -0.15) is 0 Å². The molecule has 0 aliphatic heterocycles. The van der Waals surface area contributed by atoms with Crippen molar-refractivity contribution in [2.75, 3.05) is 24.7 Å². The van der Waals surface area contributed by atoms with Crippen LogP contribution in [0.1, 0.15) is 38.1 Å². The van der Waals surface area contributed by atoms with Crippen LogP contribution in [0.3, 0.4) is 0 Å². The predicted molar refractivity (Wildman–Crippen MR) is 79.3 cm³/mol. The van der Waals surface area contributed by atoms with E-state index in [-0.39, 0.29) is 5.41 Å². The molecule has 1 aromatic carbocycles. The molecule has 0 amide bonds. The predicted octanol–water partition coefficient (Wildman–Crippen LogP) is 3.15. The number of hydrogen-bond acceptors (Lipinski definition) is 4. The Labute approximate surface area is 115 Å². The van der Waals surface area contributed by atoms with Gasteiger partial charge in [0.05, 0.1) is 24.0 Å². The summed E-state index contributed by atoms with van der Waals surface area (Å²) in [5.41, 5.74) is 7.76. The Morgan fingerprint density at radius 1 is 1.42 bits per heavy atom. The van der Waals surface area contributed by atoms with E-state index >= 15 is 0 Å². The van der Waals surface area contributed by atoms with Gasteiger partial charge in [-0.25, -0.2) is 4.79 Å². The number of rotatable bonds is 5. The number of carbonyl (C=O) groups excluding carboxylic acids is 1. The molecule has 0 saturated heterocycles. The van der Waals surface area contributed by atoms with Crippen LogP contribution in [0.4, 0.5) is 11.4 Å². The Kier molecular flexibility index (Phi) is 4.81. The molecule has 106 valence electrons. The first-order valence-electron chi connectivity index (χ1n) is 6.50. The van der Waals surface area contributed by atoms with E-state index in [2.05, 4.69) is 33.0 Å². The second-order valence-electron chi connectivity index (χ2n) is 5.76. The van der Waals surface area contributed by atoms with Crippen LogP contribution in [0.2, 0.25) is 0 Å². The molecule has 0 aliphatic carbocycles. The fourth-order valence-electron chi connectivity index (χ4n) is 1.53. The summed E-state index contributed by atoms with van der Waals surface area (Å²) < 4.78 is 4.71. The minimum Gasteiger partial charge on any atom is -0.465 e. The SMILES string of the molecule is COC(=O)c1cccc(NCC(C)(C)C(C)C)c1N. The smallest absolute Gasteiger partial charge is 0.340 e. The number of hydrogen-bond donors (Lipinski definition) is 2. The van der Waals surface area contributed by atoms with Crippen molar-refractivity contribution in [2.45, 2.75) is 27.7 Å². The van der Waals surface area contributed by atoms with Crippen LogP contribution >= 0.6 is 0 Å². The average molecular weight is 264 g/mol. The van der Waals surface area contributed by atoms with Gasteiger partial charge in [0.1, 0.15) is 0 Å². The zero-order chi connectivity index (χ0) is 14.6. The van der Waals surface area contributed by atoms with Gasteiger partial charge >= 0.3 is 5.97 Å². The van der Waals surface area contributed by atoms with Crippen LogP contribution in [-0.2, 0) is 4.74 Å². The van der Waals surface area contributed by atoms with Crippen molar-refractivity contribution in [2.24, 2.45) is 11.3 Å². The first-order valence-corrected chi connectivity index (χ1v) is 6.50. The summed E-state index contributed by atoms with van der Waals surface area (Å²) in [7, 11) is 1.35. The zero-order valence-electron chi connectivity index (χ0n) is 12.4. The van der Waals surface area contributed by atoms with Gasteiger partial charge in [0.2, 0.25) is 0 Å². The summed E-state index contributed by atoms with van der Waals surface area (Å²) >= 11 is 0. The largest absolute Gasteiger partial charge is 0.465 e. The number of nitrogen functional groups attached to an aromatic ring is 1. The quantitative estimate of drug-likeness (QED) is 0.633. The van der Waals surface area contributed by atoms with E-state index in [1.54, 1.807) is 12.1 Å². The number of para-hydroxylation sites is 1. The normalized spacial score (nSPS) is 11.5. The van der Waals surface area contributed by atoms with Gasteiger partial charge in [-0.3, -0.25) is 0 Å². The zero-order valence-corrected chi connectivity index (χ0v) is 12.4. The lowest BCUT2D eigenvalue weighted by atomic mass is 9.81. The van der Waals surface area contributed by atoms with Crippen molar-refractivity contribution in [1.29, 1.82) is 0 Å². The Hall–Kier alpha value is -1.71. The van der Waals surface area contributed by atoms with Crippen LogP contribution in [0.5, 0.6) is 0 Å². The molecule has 0 saturated carbocycles. The molecular formula is C15H24N2O2. The van der Waals surface area contributed by atoms with E-state index < -0.39 is 5.97 Å². The maximum Gasteiger partial charge on any atom is 0.340 e. The van der Waals surface area contributed by atoms with E-state index in [1.807, 2.05) is 6.07 Å². The average Bonchev–Trinajstić information content (AvgIpc) is 2.36. The third kappa shape index (κ3) is 3.63. The van der Waals surface area contributed by atoms with Crippen LogP contribution in [-0.4, -0.2) is 19.6 Å². The molecule has 1 rings (SSSR count). The summed E-state index contributed by atoms with van der Waals surface area (Å²) in [6, 6.07) is 5.34. The number of nitrogens with two attached hydrogens (primary N) is 1. The van der Waals surface area contributed by atoms with Crippen molar-refractivity contribution < 1.29 is 9.53 Å². The fourth-order valence-corrected chi connectivity index (χ4v) is 1.53. The van der Waals surface area contributed by atoms with Gasteiger partial charge in [-0.05, 0) is 23.5 Å². The van der Waals surface area contributed by atoms with Gasteiger partial charge in [-0.1, -0.05) is 33.8 Å². The molecule has 0 heterocycles. The lowest BCUT2D eigenvalue weighted by molar-refractivity contribution is 0.0602. The van der Waals surface area contributed by atoms with Gasteiger partial charge in [0.15, 0.2) is 0 Å². The number of ether oxygens (including phenoxy) is 1. The molecule has 0 atom stereocenters. The maximum absolute atomic E-state index is 11.6. The summed E-state index contributed by atoms with van der Waals surface area (Å²) in [4.78, 5) is 11.6. The van der Waals surface area contributed by atoms with Gasteiger partial charge < -0.3 is 15.8 Å². The Balaban J connectivity index is 2.89. The highest BCUT2D eigenvalue weighted by atomic mass is 16.5. The minimum absolute atomic E-state index is 0.147. The fraction of sp³-hybridized carbons (Fsp3) is 0.533. The first kappa shape index (κ1) is 15.3. The van der Waals surface area contributed by atoms with E-state index in [0.29, 0.717) is 17.2 Å². The minimum atomic E-state index is -0.413. The first-order chi connectivity index (χ1) is 8.79. The molecule has 0 radical (unpaired) electrons. The molecule has 0 unspecified atom stereocenters. The van der Waals surface area contributed by atoms with E-state index in [9.17, 15) is 4.79 Å². The molecule has 0 aromatic heterocycles. The molecule has 0 fully saturated rings. The molecule has 4 heteroatoms. The highest BCUT2D eigenvalue weighted by Gasteiger charge is 2.22. The highest BCUT2D eigenvalue weighted by molar-refractivity contribution is 5.98. The topological polar surface area (TPSA) is 64.3 Å². The number of esters is 1. The van der Waals surface area contributed by atoms with Crippen molar-refractivity contribution in [1.82, 2.24) is 0 Å². The monoisotopic (exact) mass is 264 g/mol. The summed E-state index contributed by atoms with van der Waals surface area (Å²) in [6.45, 7) is 9.57. The number of carbonyl (C=O) groups is 1. The van der Waals surface area contributed by atoms with Crippen molar-refractivity contribution >= 4 is 17.3 Å². The summed E-state index contributed by atoms with van der Waals surface area (Å²) in [6.07, 6.45) is 0. The van der Waals surface area contributed by atoms with Crippen LogP contribution in [0.15, 0.2) is 18.2 Å². The molecule has 3 N–H and O–H groups in total. The Bertz CT molecular complexity index is 453. The molecule has 0 aliphatic rings. The van der Waals surface area contributed by atoms with E-state index in [0.717, 1.165) is 12.2 Å². The van der Waals surface area contributed by atoms with Crippen molar-refractivity contribution in [3.8, 4) is 0 Å². The standard InChI is InChI=1S/C15H24N2O2/c1-10(2)15(3,4)9-17-12-8-6-7-11(13(12)16)14(18)19-5/h6-8,10,17H,9,16H2,1-5H3. The molecular weight excluding hydrogens is 240 g/mol. The number of anilines is 2. The molecule has 0 bridgehead atoms. The Morgan fingerprint density at radius 3 is 2.58 bits per heavy atom. The van der Waals surface area contributed by atoms with Gasteiger partial charge in [0.25, 0.3) is 0 Å². The Morgan fingerprint density at radius 2 is 2.05 bits per heavy atom. The van der Waals surface area contributed by atoms with Crippen LogP contribution in [0, 0.1) is 11.3 Å². The van der Waals surface area contributed by atoms with Gasteiger partial charge in [-0.15, -0.1) is 0 Å². The van der Waals surface area contributed by atoms with E-state index in [4.69, 9.17) is 10.5 Å². The molecule has 4 nitrogen and oxygen atoms in total. The van der Waals surface area contributed by atoms with Crippen LogP contribution < -0.4 is 11.1 Å². The number of benzene rings is 1. The van der Waals surface area contributed by atoms with E-state index in [1.165, 1.54) is 7.11 Å². The van der Waals surface area contributed by atoms with Gasteiger partial charge in [0, 0.05) is 6.54 Å². The van der Waals surface area contributed by atoms with Crippen molar-refractivity contribution in [3.63, 3.8) is 0 Å². The third-order valence-electron chi connectivity index (χ3n) is 3.81. The van der Waals surface area contributed by atoms with Crippen molar-refractivity contribution in [3.05, 3.63) is 23.8 Å². The number of methoxy groups -OCH3 is 1.